The van der Waals surface area contributed by atoms with Gasteiger partial charge in [-0.25, -0.2) is 0 Å². The molecule has 0 saturated heterocycles. The maximum atomic E-state index is 12.1. The molecule has 0 spiro atoms. The van der Waals surface area contributed by atoms with Crippen molar-refractivity contribution in [3.8, 4) is 0 Å². The van der Waals surface area contributed by atoms with Crippen molar-refractivity contribution in [1.82, 2.24) is 4.98 Å². The Morgan fingerprint density at radius 3 is 2.21 bits per heavy atom. The highest BCUT2D eigenvalue weighted by atomic mass is 79.9. The van der Waals surface area contributed by atoms with Crippen LogP contribution < -0.4 is 10.9 Å². The Labute approximate surface area is 237 Å². The van der Waals surface area contributed by atoms with Crippen LogP contribution in [0.15, 0.2) is 122 Å². The first-order valence-corrected chi connectivity index (χ1v) is 13.7. The van der Waals surface area contributed by atoms with Gasteiger partial charge in [-0.1, -0.05) is 92.5 Å². The number of rotatable bonds is 3. The summed E-state index contributed by atoms with van der Waals surface area (Å²) < 4.78 is 2.04. The summed E-state index contributed by atoms with van der Waals surface area (Å²) in [5.74, 6) is -0.0151. The second-order valence-electron chi connectivity index (χ2n) is 9.03. The van der Waals surface area contributed by atoms with E-state index in [0.29, 0.717) is 12.8 Å². The van der Waals surface area contributed by atoms with Gasteiger partial charge in [0, 0.05) is 44.1 Å². The first-order valence-electron chi connectivity index (χ1n) is 12.2. The lowest BCUT2D eigenvalue weighted by Gasteiger charge is -2.19. The normalized spacial score (nSPS) is 13.4. The molecular formula is C32H24Br2N2O2. The third-order valence-corrected chi connectivity index (χ3v) is 7.24. The number of carbonyl (C=O) groups excluding carboxylic acids is 1. The van der Waals surface area contributed by atoms with Gasteiger partial charge >= 0.3 is 0 Å². The number of pyridine rings is 1. The molecule has 1 amide bonds. The second-order valence-corrected chi connectivity index (χ2v) is 10.9. The predicted molar refractivity (Wildman–Crippen MR) is 162 cm³/mol. The summed E-state index contributed by atoms with van der Waals surface area (Å²) in [5, 5.41) is 3.97. The van der Waals surface area contributed by atoms with Crippen molar-refractivity contribution < 1.29 is 4.79 Å². The minimum atomic E-state index is -0.0151. The predicted octanol–water partition coefficient (Wildman–Crippen LogP) is 7.91. The molecule has 6 heteroatoms. The van der Waals surface area contributed by atoms with E-state index in [-0.39, 0.29) is 11.5 Å². The van der Waals surface area contributed by atoms with Crippen LogP contribution in [0.1, 0.15) is 22.3 Å². The van der Waals surface area contributed by atoms with Crippen LogP contribution in [0.25, 0.3) is 17.0 Å². The maximum absolute atomic E-state index is 12.1. The van der Waals surface area contributed by atoms with Gasteiger partial charge in [0.1, 0.15) is 0 Å². The van der Waals surface area contributed by atoms with Crippen molar-refractivity contribution in [1.29, 1.82) is 0 Å². The lowest BCUT2D eigenvalue weighted by atomic mass is 9.97. The smallest absolute Gasteiger partial charge is 0.251 e. The van der Waals surface area contributed by atoms with Crippen LogP contribution in [0.5, 0.6) is 0 Å². The van der Waals surface area contributed by atoms with Gasteiger partial charge in [-0.2, -0.15) is 0 Å². The van der Waals surface area contributed by atoms with E-state index in [1.54, 1.807) is 0 Å². The maximum Gasteiger partial charge on any atom is 0.251 e. The van der Waals surface area contributed by atoms with Crippen LogP contribution in [0.4, 0.5) is 5.69 Å². The van der Waals surface area contributed by atoms with Gasteiger partial charge in [0.25, 0.3) is 11.5 Å². The van der Waals surface area contributed by atoms with E-state index in [2.05, 4.69) is 42.2 Å². The number of hydrogen-bond donors (Lipinski definition) is 2. The molecule has 1 aliphatic heterocycles. The molecular weight excluding hydrogens is 604 g/mol. The van der Waals surface area contributed by atoms with Gasteiger partial charge in [-0.3, -0.25) is 9.59 Å². The van der Waals surface area contributed by atoms with E-state index in [4.69, 9.17) is 0 Å². The molecule has 0 unspecified atom stereocenters. The monoisotopic (exact) mass is 626 g/mol. The van der Waals surface area contributed by atoms with E-state index in [0.717, 1.165) is 53.4 Å². The Morgan fingerprint density at radius 2 is 1.45 bits per heavy atom. The van der Waals surface area contributed by atoms with Crippen molar-refractivity contribution in [2.75, 3.05) is 5.32 Å². The average molecular weight is 628 g/mol. The Bertz CT molecular complexity index is 1690. The Hall–Kier alpha value is -3.74. The molecule has 2 heterocycles. The largest absolute Gasteiger partial charge is 0.322 e. The summed E-state index contributed by atoms with van der Waals surface area (Å²) in [6.07, 6.45) is 3.26. The number of nitrogens with one attached hydrogen (secondary N) is 2. The summed E-state index contributed by atoms with van der Waals surface area (Å²) >= 11 is 6.91. The fourth-order valence-electron chi connectivity index (χ4n) is 4.36. The van der Waals surface area contributed by atoms with Gasteiger partial charge < -0.3 is 10.3 Å². The highest BCUT2D eigenvalue weighted by Crippen LogP contribution is 2.29. The van der Waals surface area contributed by atoms with E-state index in [1.807, 2.05) is 109 Å². The number of carbonyl (C=O) groups is 1. The third kappa shape index (κ3) is 6.39. The van der Waals surface area contributed by atoms with Gasteiger partial charge in [-0.15, -0.1) is 0 Å². The number of halogens is 2. The molecule has 38 heavy (non-hydrogen) atoms. The Morgan fingerprint density at radius 1 is 0.763 bits per heavy atom. The van der Waals surface area contributed by atoms with Crippen molar-refractivity contribution in [3.63, 3.8) is 0 Å². The molecule has 0 saturated carbocycles. The second kappa shape index (κ2) is 11.8. The standard InChI is InChI=1S/2C16H12BrNO/c2*17-14-6-7-15-12(10-14)9-13(16(19)18-15)8-11-4-2-1-3-5-11/h1-7,9-10H,8H2,(H,18,19);1-8,10H,9H2,(H,18,19)/b;13-8+. The van der Waals surface area contributed by atoms with Crippen molar-refractivity contribution >= 4 is 60.4 Å². The molecule has 0 radical (unpaired) electrons. The van der Waals surface area contributed by atoms with Crippen LogP contribution in [-0.2, 0) is 17.6 Å². The zero-order chi connectivity index (χ0) is 26.5. The number of benzene rings is 4. The number of H-pyrrole nitrogens is 1. The fraction of sp³-hybridized carbons (Fsp3) is 0.0625. The minimum absolute atomic E-state index is 0.0151. The molecule has 1 aliphatic rings. The van der Waals surface area contributed by atoms with Gasteiger partial charge in [0.15, 0.2) is 0 Å². The highest BCUT2D eigenvalue weighted by Gasteiger charge is 2.19. The topological polar surface area (TPSA) is 62.0 Å². The van der Waals surface area contributed by atoms with E-state index >= 15 is 0 Å². The number of anilines is 1. The van der Waals surface area contributed by atoms with Crippen LogP contribution in [0.3, 0.4) is 0 Å². The van der Waals surface area contributed by atoms with Gasteiger partial charge in [-0.05, 0) is 70.6 Å². The molecule has 188 valence electrons. The zero-order valence-electron chi connectivity index (χ0n) is 20.4. The molecule has 0 aliphatic carbocycles. The first-order chi connectivity index (χ1) is 18.4. The average Bonchev–Trinajstić information content (AvgIpc) is 2.92. The number of hydrogen-bond acceptors (Lipinski definition) is 2. The molecule has 4 nitrogen and oxygen atoms in total. The van der Waals surface area contributed by atoms with E-state index in [9.17, 15) is 9.59 Å². The zero-order valence-corrected chi connectivity index (χ0v) is 23.6. The number of fused-ring (bicyclic) bond motifs is 2. The van der Waals surface area contributed by atoms with Crippen molar-refractivity contribution in [2.45, 2.75) is 12.8 Å². The number of aromatic nitrogens is 1. The SMILES string of the molecule is O=C1Nc2ccc(Br)cc2C/C1=C\c1ccccc1.O=c1[nH]c2ccc(Br)cc2cc1Cc1ccccc1. The van der Waals surface area contributed by atoms with Crippen molar-refractivity contribution in [3.05, 3.63) is 150 Å². The molecule has 0 bridgehead atoms. The van der Waals surface area contributed by atoms with Crippen LogP contribution in [-0.4, -0.2) is 10.9 Å². The summed E-state index contributed by atoms with van der Waals surface area (Å²) in [5.41, 5.74) is 6.65. The van der Waals surface area contributed by atoms with Gasteiger partial charge in [0.05, 0.1) is 0 Å². The molecule has 1 aromatic heterocycles. The lowest BCUT2D eigenvalue weighted by molar-refractivity contribution is -0.113. The van der Waals surface area contributed by atoms with Crippen LogP contribution in [0.2, 0.25) is 0 Å². The summed E-state index contributed by atoms with van der Waals surface area (Å²) in [6, 6.07) is 33.6. The quantitative estimate of drug-likeness (QED) is 0.200. The molecule has 0 atom stereocenters. The summed E-state index contributed by atoms with van der Waals surface area (Å²) in [4.78, 5) is 27.0. The fourth-order valence-corrected chi connectivity index (χ4v) is 5.14. The molecule has 0 fully saturated rings. The van der Waals surface area contributed by atoms with E-state index < -0.39 is 0 Å². The summed E-state index contributed by atoms with van der Waals surface area (Å²) in [6.45, 7) is 0. The highest BCUT2D eigenvalue weighted by molar-refractivity contribution is 9.10. The molecule has 5 aromatic rings. The Kier molecular flexibility index (Phi) is 8.01. The molecule has 2 N–H and O–H groups in total. The van der Waals surface area contributed by atoms with Crippen LogP contribution in [0, 0.1) is 0 Å². The van der Waals surface area contributed by atoms with Crippen LogP contribution >= 0.6 is 31.9 Å². The van der Waals surface area contributed by atoms with E-state index in [1.165, 1.54) is 0 Å². The Balaban J connectivity index is 0.000000155. The number of aromatic amines is 1. The molecule has 6 rings (SSSR count). The first kappa shape index (κ1) is 25.9. The van der Waals surface area contributed by atoms with Gasteiger partial charge in [0.2, 0.25) is 0 Å². The summed E-state index contributed by atoms with van der Waals surface area (Å²) in [7, 11) is 0. The third-order valence-electron chi connectivity index (χ3n) is 6.25. The number of amides is 1. The lowest BCUT2D eigenvalue weighted by Crippen LogP contribution is -2.22. The van der Waals surface area contributed by atoms with Crippen molar-refractivity contribution in [2.24, 2.45) is 0 Å². The molecule has 4 aromatic carbocycles. The minimum Gasteiger partial charge on any atom is -0.322 e.